The van der Waals surface area contributed by atoms with Crippen molar-refractivity contribution in [2.75, 3.05) is 26.2 Å². The van der Waals surface area contributed by atoms with Gasteiger partial charge in [0.15, 0.2) is 0 Å². The van der Waals surface area contributed by atoms with Gasteiger partial charge in [-0.05, 0) is 37.5 Å². The Morgan fingerprint density at radius 3 is 2.64 bits per heavy atom. The van der Waals surface area contributed by atoms with Crippen molar-refractivity contribution in [3.05, 3.63) is 66.0 Å². The van der Waals surface area contributed by atoms with Crippen LogP contribution < -0.4 is 4.74 Å². The second-order valence-corrected chi connectivity index (χ2v) is 7.22. The number of hydrogen-bond donors (Lipinski definition) is 1. The second kappa shape index (κ2) is 8.86. The van der Waals surface area contributed by atoms with Gasteiger partial charge in [-0.2, -0.15) is 4.98 Å². The summed E-state index contributed by atoms with van der Waals surface area (Å²) in [5.74, 6) is 1.37. The molecule has 1 atom stereocenters. The standard InChI is InChI=1S/C22H25N3O2.ClH/c1-17-23-20-11-6-5-10-19(20)21(24-17)27-15-7-13-25-14-12-22(26,16-25)18-8-3-2-4-9-18;/h2-6,8-11,26H,7,12-16H2,1H3;1H. The fourth-order valence-corrected chi connectivity index (χ4v) is 3.77. The van der Waals surface area contributed by atoms with Crippen molar-refractivity contribution in [1.29, 1.82) is 0 Å². The first-order valence-corrected chi connectivity index (χ1v) is 9.50. The Balaban J connectivity index is 0.00000225. The first-order valence-electron chi connectivity index (χ1n) is 9.50. The molecule has 1 fully saturated rings. The molecule has 3 aromatic rings. The maximum absolute atomic E-state index is 10.9. The first kappa shape index (κ1) is 20.5. The Bertz CT molecular complexity index is 922. The van der Waals surface area contributed by atoms with Crippen molar-refractivity contribution in [2.24, 2.45) is 0 Å². The highest BCUT2D eigenvalue weighted by Gasteiger charge is 2.37. The number of β-amino-alcohol motifs (C(OH)–C–C–N with tert-alkyl or cyclic N) is 1. The topological polar surface area (TPSA) is 58.5 Å². The van der Waals surface area contributed by atoms with Gasteiger partial charge in [0.25, 0.3) is 0 Å². The fraction of sp³-hybridized carbons (Fsp3) is 0.364. The third-order valence-electron chi connectivity index (χ3n) is 5.18. The maximum atomic E-state index is 10.9. The number of ether oxygens (including phenoxy) is 1. The van der Waals surface area contributed by atoms with Crippen LogP contribution >= 0.6 is 12.4 Å². The molecule has 5 nitrogen and oxygen atoms in total. The molecule has 1 saturated heterocycles. The lowest BCUT2D eigenvalue weighted by Gasteiger charge is -2.24. The number of halogens is 1. The Labute approximate surface area is 171 Å². The van der Waals surface area contributed by atoms with Gasteiger partial charge in [-0.25, -0.2) is 4.98 Å². The molecule has 1 unspecified atom stereocenters. The SMILES string of the molecule is Cc1nc(OCCCN2CCC(O)(c3ccccc3)C2)c2ccccc2n1.Cl. The third-order valence-corrected chi connectivity index (χ3v) is 5.18. The summed E-state index contributed by atoms with van der Waals surface area (Å²) >= 11 is 0. The predicted octanol–water partition coefficient (Wildman–Crippen LogP) is 3.72. The van der Waals surface area contributed by atoms with Crippen LogP contribution in [-0.2, 0) is 5.60 Å². The van der Waals surface area contributed by atoms with E-state index < -0.39 is 5.60 Å². The van der Waals surface area contributed by atoms with Crippen LogP contribution in [-0.4, -0.2) is 46.2 Å². The summed E-state index contributed by atoms with van der Waals surface area (Å²) < 4.78 is 5.96. The van der Waals surface area contributed by atoms with Crippen LogP contribution in [0.2, 0.25) is 0 Å². The van der Waals surface area contributed by atoms with E-state index in [0.717, 1.165) is 48.2 Å². The molecule has 0 amide bonds. The number of hydrogen-bond acceptors (Lipinski definition) is 5. The van der Waals surface area contributed by atoms with Gasteiger partial charge in [0.05, 0.1) is 17.5 Å². The minimum absolute atomic E-state index is 0. The monoisotopic (exact) mass is 399 g/mol. The van der Waals surface area contributed by atoms with Gasteiger partial charge < -0.3 is 9.84 Å². The molecular weight excluding hydrogens is 374 g/mol. The van der Waals surface area contributed by atoms with Crippen LogP contribution in [0.4, 0.5) is 0 Å². The van der Waals surface area contributed by atoms with Crippen LogP contribution in [0.3, 0.4) is 0 Å². The van der Waals surface area contributed by atoms with Gasteiger partial charge in [-0.15, -0.1) is 12.4 Å². The average Bonchev–Trinajstić information content (AvgIpc) is 3.08. The van der Waals surface area contributed by atoms with E-state index >= 15 is 0 Å². The Kier molecular flexibility index (Phi) is 6.50. The van der Waals surface area contributed by atoms with E-state index in [9.17, 15) is 5.11 Å². The van der Waals surface area contributed by atoms with E-state index in [2.05, 4.69) is 14.9 Å². The number of nitrogens with zero attached hydrogens (tertiary/aromatic N) is 3. The quantitative estimate of drug-likeness (QED) is 0.640. The Hall–Kier alpha value is -2.21. The Morgan fingerprint density at radius 2 is 1.82 bits per heavy atom. The van der Waals surface area contributed by atoms with Gasteiger partial charge in [0, 0.05) is 19.6 Å². The average molecular weight is 400 g/mol. The molecule has 2 aromatic carbocycles. The van der Waals surface area contributed by atoms with Gasteiger partial charge in [-0.3, -0.25) is 4.90 Å². The zero-order valence-electron chi connectivity index (χ0n) is 16.0. The van der Waals surface area contributed by atoms with Crippen LogP contribution in [0, 0.1) is 6.92 Å². The Morgan fingerprint density at radius 1 is 1.07 bits per heavy atom. The van der Waals surface area contributed by atoms with E-state index in [1.807, 2.05) is 61.5 Å². The zero-order valence-corrected chi connectivity index (χ0v) is 16.9. The van der Waals surface area contributed by atoms with Gasteiger partial charge >= 0.3 is 0 Å². The molecule has 4 rings (SSSR count). The van der Waals surface area contributed by atoms with E-state index in [-0.39, 0.29) is 12.4 Å². The lowest BCUT2D eigenvalue weighted by molar-refractivity contribution is 0.0456. The number of fused-ring (bicyclic) bond motifs is 1. The molecule has 6 heteroatoms. The highest BCUT2D eigenvalue weighted by molar-refractivity contribution is 5.85. The van der Waals surface area contributed by atoms with Crippen LogP contribution in [0.5, 0.6) is 5.88 Å². The summed E-state index contributed by atoms with van der Waals surface area (Å²) in [6.07, 6.45) is 1.66. The van der Waals surface area contributed by atoms with Gasteiger partial charge in [0.1, 0.15) is 11.4 Å². The molecular formula is C22H26ClN3O2. The molecule has 0 radical (unpaired) electrons. The normalized spacial score (nSPS) is 19.5. The lowest BCUT2D eigenvalue weighted by Crippen LogP contribution is -2.31. The zero-order chi connectivity index (χ0) is 18.7. The molecule has 28 heavy (non-hydrogen) atoms. The van der Waals surface area contributed by atoms with Crippen molar-refractivity contribution < 1.29 is 9.84 Å². The number of benzene rings is 2. The predicted molar refractivity (Wildman–Crippen MR) is 113 cm³/mol. The van der Waals surface area contributed by atoms with E-state index in [0.29, 0.717) is 19.0 Å². The number of para-hydroxylation sites is 1. The van der Waals surface area contributed by atoms with E-state index in [1.54, 1.807) is 0 Å². The number of rotatable bonds is 6. The molecule has 148 valence electrons. The minimum atomic E-state index is -0.734. The van der Waals surface area contributed by atoms with Crippen molar-refractivity contribution >= 4 is 23.3 Å². The molecule has 1 aliphatic rings. The molecule has 2 heterocycles. The summed E-state index contributed by atoms with van der Waals surface area (Å²) in [4.78, 5) is 11.2. The van der Waals surface area contributed by atoms with Crippen molar-refractivity contribution in [3.8, 4) is 5.88 Å². The molecule has 0 aliphatic carbocycles. The molecule has 1 aromatic heterocycles. The molecule has 1 aliphatic heterocycles. The molecule has 0 bridgehead atoms. The molecule has 0 spiro atoms. The lowest BCUT2D eigenvalue weighted by atomic mass is 9.93. The summed E-state index contributed by atoms with van der Waals surface area (Å²) in [5.41, 5.74) is 1.18. The van der Waals surface area contributed by atoms with Crippen LogP contribution in [0.25, 0.3) is 10.9 Å². The van der Waals surface area contributed by atoms with Crippen LogP contribution in [0.15, 0.2) is 54.6 Å². The number of aliphatic hydroxyl groups is 1. The van der Waals surface area contributed by atoms with E-state index in [1.165, 1.54) is 0 Å². The van der Waals surface area contributed by atoms with E-state index in [4.69, 9.17) is 4.74 Å². The van der Waals surface area contributed by atoms with Crippen LogP contribution in [0.1, 0.15) is 24.2 Å². The van der Waals surface area contributed by atoms with Gasteiger partial charge in [0.2, 0.25) is 5.88 Å². The van der Waals surface area contributed by atoms with Crippen molar-refractivity contribution in [2.45, 2.75) is 25.4 Å². The minimum Gasteiger partial charge on any atom is -0.477 e. The van der Waals surface area contributed by atoms with Crippen molar-refractivity contribution in [1.82, 2.24) is 14.9 Å². The number of likely N-dealkylation sites (tertiary alicyclic amines) is 1. The van der Waals surface area contributed by atoms with Gasteiger partial charge in [-0.1, -0.05) is 42.5 Å². The maximum Gasteiger partial charge on any atom is 0.224 e. The second-order valence-electron chi connectivity index (χ2n) is 7.22. The van der Waals surface area contributed by atoms with Crippen molar-refractivity contribution in [3.63, 3.8) is 0 Å². The molecule has 0 saturated carbocycles. The smallest absolute Gasteiger partial charge is 0.224 e. The highest BCUT2D eigenvalue weighted by Crippen LogP contribution is 2.31. The summed E-state index contributed by atoms with van der Waals surface area (Å²) in [6, 6.07) is 17.9. The highest BCUT2D eigenvalue weighted by atomic mass is 35.5. The number of aryl methyl sites for hydroxylation is 1. The third kappa shape index (κ3) is 4.43. The summed E-state index contributed by atoms with van der Waals surface area (Å²) in [5, 5.41) is 11.9. The number of aromatic nitrogens is 2. The largest absolute Gasteiger partial charge is 0.477 e. The summed E-state index contributed by atoms with van der Waals surface area (Å²) in [7, 11) is 0. The fourth-order valence-electron chi connectivity index (χ4n) is 3.77. The molecule has 1 N–H and O–H groups in total. The summed E-state index contributed by atoms with van der Waals surface area (Å²) in [6.45, 7) is 4.96. The first-order chi connectivity index (χ1) is 13.1.